The molecule has 0 unspecified atom stereocenters. The van der Waals surface area contributed by atoms with Crippen molar-refractivity contribution in [2.45, 2.75) is 0 Å². The largest absolute Gasteiger partial charge is 0.458 e. The number of hydrogen-bond donors (Lipinski definition) is 0. The molecule has 2 aromatic rings. The number of halogens is 4. The van der Waals surface area contributed by atoms with Gasteiger partial charge in [-0.25, -0.2) is 27.2 Å². The van der Waals surface area contributed by atoms with Crippen LogP contribution in [0.4, 0.5) is 23.2 Å². The molecule has 0 bridgehead atoms. The van der Waals surface area contributed by atoms with Crippen LogP contribution in [0.2, 0.25) is 0 Å². The molecule has 0 heterocycles. The van der Waals surface area contributed by atoms with Crippen LogP contribution in [0.25, 0.3) is 10.4 Å². The van der Waals surface area contributed by atoms with Gasteiger partial charge in [0.25, 0.3) is 0 Å². The van der Waals surface area contributed by atoms with Crippen LogP contribution in [0.1, 0.15) is 26.3 Å². The third-order valence-electron chi connectivity index (χ3n) is 3.43. The second-order valence-electron chi connectivity index (χ2n) is 5.16. The van der Waals surface area contributed by atoms with Crippen molar-refractivity contribution in [3.63, 3.8) is 0 Å². The lowest BCUT2D eigenvalue weighted by molar-refractivity contribution is 0.0258. The van der Waals surface area contributed by atoms with Crippen molar-refractivity contribution in [2.75, 3.05) is 13.2 Å². The monoisotopic (exact) mass is 407 g/mol. The minimum atomic E-state index is -2.10. The number of esters is 2. The average Bonchev–Trinajstić information content (AvgIpc) is 2.73. The summed E-state index contributed by atoms with van der Waals surface area (Å²) in [4.78, 5) is 25.6. The van der Waals surface area contributed by atoms with Gasteiger partial charge in [-0.1, -0.05) is 11.0 Å². The number of carbonyl (C=O) groups is 2. The molecule has 0 spiro atoms. The fourth-order valence-electron chi connectivity index (χ4n) is 2.06. The molecule has 29 heavy (non-hydrogen) atoms. The maximum atomic E-state index is 13.8. The summed E-state index contributed by atoms with van der Waals surface area (Å²) >= 11 is 0. The molecule has 0 atom stereocenters. The average molecular weight is 407 g/mol. The van der Waals surface area contributed by atoms with E-state index in [9.17, 15) is 27.2 Å². The molecule has 0 radical (unpaired) electrons. The maximum absolute atomic E-state index is 13.8. The molecule has 2 rings (SSSR count). The first-order valence-electron chi connectivity index (χ1n) is 7.63. The first kappa shape index (κ1) is 21.3. The molecule has 2 aromatic carbocycles. The van der Waals surface area contributed by atoms with E-state index in [4.69, 9.17) is 16.7 Å². The second kappa shape index (κ2) is 9.25. The lowest BCUT2D eigenvalue weighted by Gasteiger charge is -2.10. The summed E-state index contributed by atoms with van der Waals surface area (Å²) in [6.07, 6.45) is 5.18. The van der Waals surface area contributed by atoms with Gasteiger partial charge in [-0.2, -0.15) is 0 Å². The van der Waals surface area contributed by atoms with Gasteiger partial charge in [0.2, 0.25) is 0 Å². The molecule has 0 fully saturated rings. The van der Waals surface area contributed by atoms with Crippen LogP contribution in [0.5, 0.6) is 0 Å². The highest BCUT2D eigenvalue weighted by Gasteiger charge is 2.30. The number of rotatable bonds is 6. The molecular formula is C18H9F4N3O4. The first-order valence-corrected chi connectivity index (χ1v) is 7.63. The highest BCUT2D eigenvalue weighted by atomic mass is 19.2. The SMILES string of the molecule is C#Cc1ccc(C(=O)OCCOC(=O)c2c(F)c(F)c(N=[N+]=[N-])c(F)c2F)cc1. The van der Waals surface area contributed by atoms with Gasteiger partial charge in [-0.05, 0) is 29.8 Å². The molecule has 0 aliphatic carbocycles. The van der Waals surface area contributed by atoms with E-state index in [1.807, 2.05) is 4.91 Å². The van der Waals surface area contributed by atoms with Gasteiger partial charge < -0.3 is 9.47 Å². The van der Waals surface area contributed by atoms with Gasteiger partial charge in [-0.15, -0.1) is 6.42 Å². The third-order valence-corrected chi connectivity index (χ3v) is 3.43. The van der Waals surface area contributed by atoms with Crippen LogP contribution >= 0.6 is 0 Å². The number of hydrogen-bond acceptors (Lipinski definition) is 5. The molecule has 0 N–H and O–H groups in total. The van der Waals surface area contributed by atoms with E-state index < -0.39 is 59.7 Å². The van der Waals surface area contributed by atoms with E-state index >= 15 is 0 Å². The molecule has 0 aliphatic rings. The number of benzene rings is 2. The van der Waals surface area contributed by atoms with Crippen molar-refractivity contribution in [1.29, 1.82) is 0 Å². The zero-order valence-electron chi connectivity index (χ0n) is 14.3. The predicted octanol–water partition coefficient (Wildman–Crippen LogP) is 4.18. The Balaban J connectivity index is 2.02. The zero-order valence-corrected chi connectivity index (χ0v) is 14.3. The second-order valence-corrected chi connectivity index (χ2v) is 5.16. The van der Waals surface area contributed by atoms with Crippen molar-refractivity contribution < 1.29 is 36.6 Å². The van der Waals surface area contributed by atoms with Gasteiger partial charge in [-0.3, -0.25) is 0 Å². The van der Waals surface area contributed by atoms with Crippen LogP contribution in [0.3, 0.4) is 0 Å². The van der Waals surface area contributed by atoms with Crippen LogP contribution < -0.4 is 0 Å². The van der Waals surface area contributed by atoms with E-state index in [0.29, 0.717) is 5.56 Å². The van der Waals surface area contributed by atoms with Crippen molar-refractivity contribution in [3.8, 4) is 12.3 Å². The third kappa shape index (κ3) is 4.63. The summed E-state index contributed by atoms with van der Waals surface area (Å²) in [6.45, 7) is -1.17. The lowest BCUT2D eigenvalue weighted by atomic mass is 10.1. The topological polar surface area (TPSA) is 101 Å². The molecular weight excluding hydrogens is 398 g/mol. The summed E-state index contributed by atoms with van der Waals surface area (Å²) in [7, 11) is 0. The Labute approximate surface area is 160 Å². The summed E-state index contributed by atoms with van der Waals surface area (Å²) in [5.41, 5.74) is 5.62. The Morgan fingerprint density at radius 1 is 0.966 bits per heavy atom. The van der Waals surface area contributed by atoms with Crippen molar-refractivity contribution in [2.24, 2.45) is 5.11 Å². The molecule has 7 nitrogen and oxygen atoms in total. The summed E-state index contributed by atoms with van der Waals surface area (Å²) in [5, 5.41) is 2.49. The number of carbonyl (C=O) groups excluding carboxylic acids is 2. The van der Waals surface area contributed by atoms with Crippen LogP contribution in [0, 0.1) is 35.6 Å². The Morgan fingerprint density at radius 3 is 1.97 bits per heavy atom. The Kier molecular flexibility index (Phi) is 6.79. The minimum Gasteiger partial charge on any atom is -0.458 e. The van der Waals surface area contributed by atoms with Crippen LogP contribution in [0.15, 0.2) is 29.4 Å². The molecule has 0 saturated heterocycles. The lowest BCUT2D eigenvalue weighted by Crippen LogP contribution is -2.17. The first-order chi connectivity index (χ1) is 13.8. The van der Waals surface area contributed by atoms with E-state index in [1.54, 1.807) is 0 Å². The normalized spacial score (nSPS) is 9.90. The Bertz CT molecular complexity index is 1030. The summed E-state index contributed by atoms with van der Waals surface area (Å²) in [6, 6.07) is 5.77. The fraction of sp³-hybridized carbons (Fsp3) is 0.111. The molecule has 0 aliphatic heterocycles. The number of nitrogens with zero attached hydrogens (tertiary/aromatic N) is 3. The smallest absolute Gasteiger partial charge is 0.344 e. The highest BCUT2D eigenvalue weighted by Crippen LogP contribution is 2.30. The van der Waals surface area contributed by atoms with Gasteiger partial charge in [0.05, 0.1) is 5.56 Å². The summed E-state index contributed by atoms with van der Waals surface area (Å²) in [5.74, 6) is -8.50. The predicted molar refractivity (Wildman–Crippen MR) is 90.0 cm³/mol. The van der Waals surface area contributed by atoms with Gasteiger partial charge in [0, 0.05) is 10.5 Å². The van der Waals surface area contributed by atoms with E-state index in [2.05, 4.69) is 15.8 Å². The van der Waals surface area contributed by atoms with Gasteiger partial charge >= 0.3 is 11.9 Å². The quantitative estimate of drug-likeness (QED) is 0.105. The molecule has 11 heteroatoms. The highest BCUT2D eigenvalue weighted by molar-refractivity contribution is 5.91. The summed E-state index contributed by atoms with van der Waals surface area (Å²) < 4.78 is 64.2. The van der Waals surface area contributed by atoms with E-state index in [-0.39, 0.29) is 5.56 Å². The molecule has 0 saturated carbocycles. The van der Waals surface area contributed by atoms with E-state index in [0.717, 1.165) is 0 Å². The Morgan fingerprint density at radius 2 is 1.48 bits per heavy atom. The van der Waals surface area contributed by atoms with Crippen LogP contribution in [-0.2, 0) is 9.47 Å². The fourth-order valence-corrected chi connectivity index (χ4v) is 2.06. The van der Waals surface area contributed by atoms with Gasteiger partial charge in [0.15, 0.2) is 23.3 Å². The maximum Gasteiger partial charge on any atom is 0.344 e. The number of azide groups is 1. The molecule has 0 amide bonds. The number of ether oxygens (including phenoxy) is 2. The zero-order chi connectivity index (χ0) is 21.6. The van der Waals surface area contributed by atoms with Crippen molar-refractivity contribution in [3.05, 3.63) is 74.7 Å². The number of terminal acetylenes is 1. The van der Waals surface area contributed by atoms with Crippen LogP contribution in [-0.4, -0.2) is 25.2 Å². The Hall–Kier alpha value is -4.03. The van der Waals surface area contributed by atoms with E-state index in [1.165, 1.54) is 24.3 Å². The van der Waals surface area contributed by atoms with Crippen molar-refractivity contribution >= 4 is 17.6 Å². The molecule has 0 aromatic heterocycles. The van der Waals surface area contributed by atoms with Crippen molar-refractivity contribution in [1.82, 2.24) is 0 Å². The molecule has 148 valence electrons. The minimum absolute atomic E-state index is 0.144. The van der Waals surface area contributed by atoms with Gasteiger partial charge in [0.1, 0.15) is 24.5 Å². The standard InChI is InChI=1S/C18H9F4N3O4/c1-2-9-3-5-10(6-4-9)17(26)28-7-8-29-18(27)11-12(19)14(21)16(24-25-23)15(22)13(11)20/h1,3-6H,7-8H2.